The molecule has 3 rings (SSSR count). The second kappa shape index (κ2) is 8.32. The predicted molar refractivity (Wildman–Crippen MR) is 109 cm³/mol. The fourth-order valence-electron chi connectivity index (χ4n) is 2.93. The van der Waals surface area contributed by atoms with Gasteiger partial charge in [0, 0.05) is 22.5 Å². The smallest absolute Gasteiger partial charge is 0.339 e. The van der Waals surface area contributed by atoms with Crippen LogP contribution in [0.1, 0.15) is 27.3 Å². The summed E-state index contributed by atoms with van der Waals surface area (Å²) in [6.07, 6.45) is 1.25. The van der Waals surface area contributed by atoms with Gasteiger partial charge in [0.25, 0.3) is 5.56 Å². The van der Waals surface area contributed by atoms with Gasteiger partial charge in [-0.3, -0.25) is 9.59 Å². The molecule has 0 bridgehead atoms. The maximum Gasteiger partial charge on any atom is 0.339 e. The Hall–Kier alpha value is -3.39. The Morgan fingerprint density at radius 2 is 1.93 bits per heavy atom. The summed E-state index contributed by atoms with van der Waals surface area (Å²) >= 11 is 5.93. The van der Waals surface area contributed by atoms with Crippen LogP contribution in [0.4, 0.5) is 5.69 Å². The van der Waals surface area contributed by atoms with Gasteiger partial charge in [0.05, 0.1) is 30.5 Å². The van der Waals surface area contributed by atoms with E-state index in [9.17, 15) is 14.4 Å². The maximum absolute atomic E-state index is 12.5. The summed E-state index contributed by atoms with van der Waals surface area (Å²) in [5, 5.41) is 7.66. The molecular formula is C20H19ClN4O4. The van der Waals surface area contributed by atoms with Crippen molar-refractivity contribution in [2.75, 3.05) is 12.4 Å². The van der Waals surface area contributed by atoms with Crippen molar-refractivity contribution in [2.24, 2.45) is 0 Å². The van der Waals surface area contributed by atoms with E-state index in [1.54, 1.807) is 16.8 Å². The van der Waals surface area contributed by atoms with Crippen LogP contribution in [0.2, 0.25) is 5.02 Å². The number of pyridine rings is 1. The van der Waals surface area contributed by atoms with Crippen LogP contribution in [0.5, 0.6) is 0 Å². The van der Waals surface area contributed by atoms with Gasteiger partial charge >= 0.3 is 5.97 Å². The number of nitrogens with zero attached hydrogens (tertiary/aromatic N) is 2. The summed E-state index contributed by atoms with van der Waals surface area (Å²) in [6, 6.07) is 8.48. The lowest BCUT2D eigenvalue weighted by Crippen LogP contribution is -2.22. The molecule has 29 heavy (non-hydrogen) atoms. The van der Waals surface area contributed by atoms with Crippen molar-refractivity contribution in [3.63, 3.8) is 0 Å². The number of methoxy groups -OCH3 is 1. The third-order valence-corrected chi connectivity index (χ3v) is 4.70. The highest BCUT2D eigenvalue weighted by Crippen LogP contribution is 2.20. The van der Waals surface area contributed by atoms with Crippen molar-refractivity contribution in [3.05, 3.63) is 74.4 Å². The van der Waals surface area contributed by atoms with Crippen LogP contribution in [0, 0.1) is 13.8 Å². The number of hydrogen-bond acceptors (Lipinski definition) is 5. The average Bonchev–Trinajstić information content (AvgIpc) is 2.98. The molecule has 0 aliphatic heterocycles. The first kappa shape index (κ1) is 20.3. The Kier molecular flexibility index (Phi) is 5.84. The molecule has 9 heteroatoms. The molecule has 0 radical (unpaired) electrons. The highest BCUT2D eigenvalue weighted by atomic mass is 35.5. The zero-order valence-electron chi connectivity index (χ0n) is 16.1. The molecule has 0 aliphatic rings. The number of aromatic nitrogens is 3. The monoisotopic (exact) mass is 414 g/mol. The topological polar surface area (TPSA) is 106 Å². The van der Waals surface area contributed by atoms with Gasteiger partial charge in [-0.25, -0.2) is 9.48 Å². The minimum atomic E-state index is -0.618. The van der Waals surface area contributed by atoms with Gasteiger partial charge in [-0.2, -0.15) is 5.10 Å². The summed E-state index contributed by atoms with van der Waals surface area (Å²) in [5.41, 5.74) is 2.66. The molecule has 2 heterocycles. The number of rotatable bonds is 5. The van der Waals surface area contributed by atoms with Gasteiger partial charge in [-0.05, 0) is 44.2 Å². The summed E-state index contributed by atoms with van der Waals surface area (Å²) in [5.74, 6) is -1.02. The molecule has 2 N–H and O–H groups in total. The van der Waals surface area contributed by atoms with E-state index in [0.29, 0.717) is 10.7 Å². The van der Waals surface area contributed by atoms with Gasteiger partial charge in [0.1, 0.15) is 5.69 Å². The molecule has 0 fully saturated rings. The molecule has 150 valence electrons. The average molecular weight is 415 g/mol. The zero-order chi connectivity index (χ0) is 21.1. The van der Waals surface area contributed by atoms with Crippen molar-refractivity contribution >= 4 is 29.2 Å². The van der Waals surface area contributed by atoms with Crippen LogP contribution >= 0.6 is 11.6 Å². The first-order chi connectivity index (χ1) is 13.8. The number of carbonyl (C=O) groups excluding carboxylic acids is 2. The standard InChI is InChI=1S/C20H19ClN4O4/c1-11-16(12(2)25(24-11)15-6-4-14(21)5-7-15)9-18(26)23-17-8-13(20(28)29-3)10-22-19(17)27/h4-8,10H,9H2,1-3H3,(H,22,27)(H,23,26). The van der Waals surface area contributed by atoms with Gasteiger partial charge in [0.15, 0.2) is 0 Å². The van der Waals surface area contributed by atoms with Crippen LogP contribution in [-0.2, 0) is 16.0 Å². The normalized spacial score (nSPS) is 10.6. The number of aryl methyl sites for hydroxylation is 1. The van der Waals surface area contributed by atoms with E-state index in [2.05, 4.69) is 20.1 Å². The predicted octanol–water partition coefficient (Wildman–Crippen LogP) is 2.80. The number of anilines is 1. The number of esters is 1. The Morgan fingerprint density at radius 1 is 1.24 bits per heavy atom. The minimum absolute atomic E-state index is 0.0210. The molecule has 0 aliphatic carbocycles. The second-order valence-electron chi connectivity index (χ2n) is 6.39. The third-order valence-electron chi connectivity index (χ3n) is 4.45. The SMILES string of the molecule is COC(=O)c1c[nH]c(=O)c(NC(=O)Cc2c(C)nn(-c3ccc(Cl)cc3)c2C)c1. The summed E-state index contributed by atoms with van der Waals surface area (Å²) in [6.45, 7) is 3.68. The lowest BCUT2D eigenvalue weighted by Gasteiger charge is -2.07. The highest BCUT2D eigenvalue weighted by molar-refractivity contribution is 6.30. The van der Waals surface area contributed by atoms with Crippen LogP contribution < -0.4 is 10.9 Å². The number of halogens is 1. The number of benzene rings is 1. The molecule has 1 aromatic carbocycles. The molecule has 3 aromatic rings. The Labute approximate surface area is 171 Å². The van der Waals surface area contributed by atoms with E-state index in [0.717, 1.165) is 16.9 Å². The second-order valence-corrected chi connectivity index (χ2v) is 6.82. The minimum Gasteiger partial charge on any atom is -0.465 e. The van der Waals surface area contributed by atoms with Gasteiger partial charge in [-0.15, -0.1) is 0 Å². The van der Waals surface area contributed by atoms with Crippen molar-refractivity contribution in [1.82, 2.24) is 14.8 Å². The molecule has 1 amide bonds. The Bertz CT molecular complexity index is 1130. The molecular weight excluding hydrogens is 396 g/mol. The fraction of sp³-hybridized carbons (Fsp3) is 0.200. The Morgan fingerprint density at radius 3 is 2.59 bits per heavy atom. The fourth-order valence-corrected chi connectivity index (χ4v) is 3.06. The van der Waals surface area contributed by atoms with E-state index in [1.807, 2.05) is 26.0 Å². The van der Waals surface area contributed by atoms with E-state index in [-0.39, 0.29) is 17.7 Å². The number of nitrogens with one attached hydrogen (secondary N) is 2. The van der Waals surface area contributed by atoms with E-state index >= 15 is 0 Å². The lowest BCUT2D eigenvalue weighted by molar-refractivity contribution is -0.115. The summed E-state index contributed by atoms with van der Waals surface area (Å²) in [4.78, 5) is 38.5. The van der Waals surface area contributed by atoms with Crippen LogP contribution in [0.3, 0.4) is 0 Å². The molecule has 0 unspecified atom stereocenters. The summed E-state index contributed by atoms with van der Waals surface area (Å²) < 4.78 is 6.36. The van der Waals surface area contributed by atoms with Crippen molar-refractivity contribution in [3.8, 4) is 5.69 Å². The quantitative estimate of drug-likeness (QED) is 0.624. The molecule has 2 aromatic heterocycles. The first-order valence-corrected chi connectivity index (χ1v) is 9.10. The van der Waals surface area contributed by atoms with E-state index in [4.69, 9.17) is 11.6 Å². The van der Waals surface area contributed by atoms with Gasteiger partial charge in [0.2, 0.25) is 5.91 Å². The largest absolute Gasteiger partial charge is 0.465 e. The highest BCUT2D eigenvalue weighted by Gasteiger charge is 2.17. The number of amides is 1. The van der Waals surface area contributed by atoms with Crippen molar-refractivity contribution < 1.29 is 14.3 Å². The van der Waals surface area contributed by atoms with Gasteiger partial charge in [-0.1, -0.05) is 11.6 Å². The summed E-state index contributed by atoms with van der Waals surface area (Å²) in [7, 11) is 1.23. The van der Waals surface area contributed by atoms with Crippen molar-refractivity contribution in [2.45, 2.75) is 20.3 Å². The lowest BCUT2D eigenvalue weighted by atomic mass is 10.1. The number of ether oxygens (including phenoxy) is 1. The number of H-pyrrole nitrogens is 1. The van der Waals surface area contributed by atoms with Crippen LogP contribution in [0.25, 0.3) is 5.69 Å². The molecule has 8 nitrogen and oxygen atoms in total. The van der Waals surface area contributed by atoms with Crippen molar-refractivity contribution in [1.29, 1.82) is 0 Å². The van der Waals surface area contributed by atoms with Gasteiger partial charge < -0.3 is 15.0 Å². The molecule has 0 spiro atoms. The van der Waals surface area contributed by atoms with E-state index in [1.165, 1.54) is 19.4 Å². The van der Waals surface area contributed by atoms with Crippen LogP contribution in [-0.4, -0.2) is 33.8 Å². The van der Waals surface area contributed by atoms with Crippen LogP contribution in [0.15, 0.2) is 41.3 Å². The number of carbonyl (C=O) groups is 2. The Balaban J connectivity index is 1.82. The third kappa shape index (κ3) is 4.38. The van der Waals surface area contributed by atoms with E-state index < -0.39 is 17.4 Å². The number of aromatic amines is 1. The molecule has 0 saturated carbocycles. The first-order valence-electron chi connectivity index (χ1n) is 8.72. The number of hydrogen-bond donors (Lipinski definition) is 2. The molecule has 0 atom stereocenters. The zero-order valence-corrected chi connectivity index (χ0v) is 16.8. The molecule has 0 saturated heterocycles. The maximum atomic E-state index is 12.5.